The Balaban J connectivity index is 1.49. The van der Waals surface area contributed by atoms with Gasteiger partial charge in [0, 0.05) is 36.4 Å². The first kappa shape index (κ1) is 19.8. The average Bonchev–Trinajstić information content (AvgIpc) is 2.74. The summed E-state index contributed by atoms with van der Waals surface area (Å²) >= 11 is 1.69. The molecule has 2 aromatic carbocycles. The topological polar surface area (TPSA) is 76.1 Å². The molecule has 1 spiro atoms. The number of ether oxygens (including phenoxy) is 2. The number of carboxylic acid groups (broad SMARTS) is 1. The molecule has 2 heterocycles. The number of nitrogens with zero attached hydrogens (tertiary/aromatic N) is 1. The highest BCUT2D eigenvalue weighted by Gasteiger charge is 2.42. The number of thioether (sulfide) groups is 1. The number of hydrogen-bond acceptors (Lipinski definition) is 5. The molecule has 0 radical (unpaired) electrons. The van der Waals surface area contributed by atoms with Crippen LogP contribution in [0.2, 0.25) is 0 Å². The van der Waals surface area contributed by atoms with Gasteiger partial charge in [0.1, 0.15) is 5.75 Å². The van der Waals surface area contributed by atoms with E-state index in [1.165, 1.54) is 11.0 Å². The molecule has 0 atom stereocenters. The molecule has 29 heavy (non-hydrogen) atoms. The van der Waals surface area contributed by atoms with Crippen LogP contribution < -0.4 is 4.74 Å². The normalized spacial score (nSPS) is 17.5. The molecular formula is C22H23NO5S. The van der Waals surface area contributed by atoms with Crippen molar-refractivity contribution in [3.63, 3.8) is 0 Å². The van der Waals surface area contributed by atoms with Crippen molar-refractivity contribution in [1.82, 2.24) is 4.90 Å². The van der Waals surface area contributed by atoms with Gasteiger partial charge in [-0.15, -0.1) is 11.8 Å². The first-order valence-corrected chi connectivity index (χ1v) is 10.8. The van der Waals surface area contributed by atoms with E-state index in [0.29, 0.717) is 32.5 Å². The van der Waals surface area contributed by atoms with Crippen LogP contribution in [0.15, 0.2) is 41.3 Å². The van der Waals surface area contributed by atoms with E-state index in [0.717, 1.165) is 16.9 Å². The summed E-state index contributed by atoms with van der Waals surface area (Å²) in [4.78, 5) is 27.2. The molecule has 0 bridgehead atoms. The van der Waals surface area contributed by atoms with Gasteiger partial charge in [0.15, 0.2) is 0 Å². The summed E-state index contributed by atoms with van der Waals surface area (Å²) < 4.78 is 12.4. The number of amides is 1. The molecule has 4 rings (SSSR count). The van der Waals surface area contributed by atoms with Gasteiger partial charge >= 0.3 is 5.97 Å². The lowest BCUT2D eigenvalue weighted by atomic mass is 9.98. The van der Waals surface area contributed by atoms with E-state index >= 15 is 0 Å². The third-order valence-corrected chi connectivity index (χ3v) is 6.25. The lowest BCUT2D eigenvalue weighted by Gasteiger charge is -2.44. The molecule has 7 heteroatoms. The summed E-state index contributed by atoms with van der Waals surface area (Å²) in [5.74, 6) is -1.22. The van der Waals surface area contributed by atoms with Crippen LogP contribution in [0.1, 0.15) is 44.7 Å². The average molecular weight is 413 g/mol. The molecule has 0 aromatic heterocycles. The third-order valence-electron chi connectivity index (χ3n) is 5.54. The second kappa shape index (κ2) is 7.72. The Morgan fingerprint density at radius 3 is 2.48 bits per heavy atom. The lowest BCUT2D eigenvalue weighted by molar-refractivity contribution is -0.225. The Labute approximate surface area is 173 Å². The molecule has 0 unspecified atom stereocenters. The molecule has 1 saturated heterocycles. The highest BCUT2D eigenvalue weighted by atomic mass is 32.2. The minimum Gasteiger partial charge on any atom is -0.478 e. The van der Waals surface area contributed by atoms with Gasteiger partial charge in [-0.1, -0.05) is 12.1 Å². The minimum atomic E-state index is -1.10. The molecule has 2 aromatic rings. The molecular weight excluding hydrogens is 390 g/mol. The predicted molar refractivity (Wildman–Crippen MR) is 110 cm³/mol. The second-order valence-corrected chi connectivity index (χ2v) is 8.26. The fraction of sp³-hybridized carbons (Fsp3) is 0.364. The molecule has 0 aliphatic carbocycles. The molecule has 152 valence electrons. The maximum Gasteiger partial charge on any atom is 0.336 e. The predicted octanol–water partition coefficient (Wildman–Crippen LogP) is 3.96. The van der Waals surface area contributed by atoms with Crippen LogP contribution >= 0.6 is 11.8 Å². The van der Waals surface area contributed by atoms with Crippen LogP contribution in [-0.4, -0.2) is 47.0 Å². The van der Waals surface area contributed by atoms with E-state index < -0.39 is 11.8 Å². The fourth-order valence-electron chi connectivity index (χ4n) is 3.93. The molecule has 1 fully saturated rings. The van der Waals surface area contributed by atoms with E-state index in [1.807, 2.05) is 13.2 Å². The Morgan fingerprint density at radius 1 is 1.14 bits per heavy atom. The molecule has 2 aliphatic heterocycles. The summed E-state index contributed by atoms with van der Waals surface area (Å²) in [6, 6.07) is 10.5. The van der Waals surface area contributed by atoms with Crippen LogP contribution in [0.25, 0.3) is 0 Å². The second-order valence-electron chi connectivity index (χ2n) is 7.38. The van der Waals surface area contributed by atoms with E-state index in [-0.39, 0.29) is 17.0 Å². The summed E-state index contributed by atoms with van der Waals surface area (Å²) in [7, 11) is 0. The number of carbonyl (C=O) groups excluding carboxylic acids is 1. The maximum absolute atomic E-state index is 12.9. The molecule has 1 N–H and O–H groups in total. The van der Waals surface area contributed by atoms with E-state index in [2.05, 4.69) is 12.1 Å². The van der Waals surface area contributed by atoms with Crippen LogP contribution in [0.3, 0.4) is 0 Å². The quantitative estimate of drug-likeness (QED) is 0.768. The number of rotatable bonds is 3. The van der Waals surface area contributed by atoms with Crippen molar-refractivity contribution in [1.29, 1.82) is 0 Å². The van der Waals surface area contributed by atoms with Crippen LogP contribution in [0, 0.1) is 6.92 Å². The highest BCUT2D eigenvalue weighted by molar-refractivity contribution is 7.98. The number of aryl methyl sites for hydroxylation is 1. The van der Waals surface area contributed by atoms with Crippen LogP contribution in [0.4, 0.5) is 0 Å². The van der Waals surface area contributed by atoms with E-state index in [1.54, 1.807) is 34.9 Å². The number of piperidine rings is 1. The standard InChI is InChI=1S/C22H23NO5S/c1-14-11-16(29-2)12-15-13-27-22(28-19(14)15)7-9-23(10-8-22)20(24)17-5-3-4-6-18(17)21(25)26/h3-6,11-12H,7-10,13H2,1-2H3,(H,25,26). The molecule has 6 nitrogen and oxygen atoms in total. The van der Waals surface area contributed by atoms with Crippen molar-refractivity contribution in [3.05, 3.63) is 58.7 Å². The maximum atomic E-state index is 12.9. The smallest absolute Gasteiger partial charge is 0.336 e. The monoisotopic (exact) mass is 413 g/mol. The summed E-state index contributed by atoms with van der Waals surface area (Å²) in [5.41, 5.74) is 2.38. The van der Waals surface area contributed by atoms with Crippen LogP contribution in [0.5, 0.6) is 5.75 Å². The number of carbonyl (C=O) groups is 2. The lowest BCUT2D eigenvalue weighted by Crippen LogP contribution is -2.52. The molecule has 0 saturated carbocycles. The first-order chi connectivity index (χ1) is 13.9. The van der Waals surface area contributed by atoms with Gasteiger partial charge < -0.3 is 19.5 Å². The van der Waals surface area contributed by atoms with Crippen molar-refractivity contribution >= 4 is 23.6 Å². The van der Waals surface area contributed by atoms with Gasteiger partial charge in [-0.3, -0.25) is 4.79 Å². The van der Waals surface area contributed by atoms with Crippen LogP contribution in [-0.2, 0) is 11.3 Å². The number of benzene rings is 2. The van der Waals surface area contributed by atoms with Gasteiger partial charge in [0.2, 0.25) is 5.79 Å². The van der Waals surface area contributed by atoms with Gasteiger partial charge in [0.05, 0.1) is 17.7 Å². The summed E-state index contributed by atoms with van der Waals surface area (Å²) in [6.45, 7) is 3.42. The highest BCUT2D eigenvalue weighted by Crippen LogP contribution is 2.41. The Bertz CT molecular complexity index is 966. The number of hydrogen-bond donors (Lipinski definition) is 1. The first-order valence-electron chi connectivity index (χ1n) is 9.54. The van der Waals surface area contributed by atoms with Gasteiger partial charge in [0.25, 0.3) is 5.91 Å². The van der Waals surface area contributed by atoms with Crippen molar-refractivity contribution in [2.75, 3.05) is 19.3 Å². The van der Waals surface area contributed by atoms with Crippen molar-refractivity contribution in [3.8, 4) is 5.75 Å². The van der Waals surface area contributed by atoms with Crippen molar-refractivity contribution in [2.24, 2.45) is 0 Å². The largest absolute Gasteiger partial charge is 0.478 e. The Morgan fingerprint density at radius 2 is 1.83 bits per heavy atom. The van der Waals surface area contributed by atoms with E-state index in [9.17, 15) is 14.7 Å². The summed E-state index contributed by atoms with van der Waals surface area (Å²) in [6.07, 6.45) is 3.12. The number of fused-ring (bicyclic) bond motifs is 1. The zero-order valence-electron chi connectivity index (χ0n) is 16.4. The zero-order chi connectivity index (χ0) is 20.6. The number of carboxylic acids is 1. The van der Waals surface area contributed by atoms with Crippen molar-refractivity contribution in [2.45, 2.75) is 37.1 Å². The third kappa shape index (κ3) is 3.72. The van der Waals surface area contributed by atoms with Gasteiger partial charge in [-0.25, -0.2) is 4.79 Å². The fourth-order valence-corrected chi connectivity index (χ4v) is 4.49. The Kier molecular flexibility index (Phi) is 5.27. The number of likely N-dealkylation sites (tertiary alicyclic amines) is 1. The zero-order valence-corrected chi connectivity index (χ0v) is 17.3. The minimum absolute atomic E-state index is 0.0251. The SMILES string of the molecule is CSc1cc(C)c2c(c1)COC1(CCN(C(=O)c3ccccc3C(=O)O)CC1)O2. The van der Waals surface area contributed by atoms with E-state index in [4.69, 9.17) is 9.47 Å². The Hall–Kier alpha value is -2.51. The molecule has 2 aliphatic rings. The van der Waals surface area contributed by atoms with Gasteiger partial charge in [-0.2, -0.15) is 0 Å². The van der Waals surface area contributed by atoms with Crippen molar-refractivity contribution < 1.29 is 24.2 Å². The summed E-state index contributed by atoms with van der Waals surface area (Å²) in [5, 5.41) is 9.36. The number of aromatic carboxylic acids is 1. The molecule has 1 amide bonds. The van der Waals surface area contributed by atoms with Gasteiger partial charge in [-0.05, 0) is 43.0 Å².